The Bertz CT molecular complexity index is 1160. The highest BCUT2D eigenvalue weighted by atomic mass is 32.2. The lowest BCUT2D eigenvalue weighted by molar-refractivity contribution is 0.583. The Hall–Kier alpha value is -2.97. The normalized spacial score (nSPS) is 12.5. The number of rotatable bonds is 7. The molecule has 0 saturated carbocycles. The van der Waals surface area contributed by atoms with Crippen molar-refractivity contribution >= 4 is 25.6 Å². The van der Waals surface area contributed by atoms with E-state index in [0.717, 1.165) is 0 Å². The number of nitrogens with one attached hydrogen (secondary N) is 1. The molecular weight excluding hydrogens is 396 g/mol. The average molecular weight is 415 g/mol. The van der Waals surface area contributed by atoms with Crippen LogP contribution >= 0.6 is 0 Å². The van der Waals surface area contributed by atoms with Crippen LogP contribution in [-0.2, 0) is 19.9 Å². The van der Waals surface area contributed by atoms with Crippen LogP contribution in [0.2, 0.25) is 0 Å². The van der Waals surface area contributed by atoms with Gasteiger partial charge in [-0.25, -0.2) is 8.42 Å². The molecule has 0 saturated heterocycles. The molecule has 0 amide bonds. The zero-order valence-electron chi connectivity index (χ0n) is 14.8. The van der Waals surface area contributed by atoms with Crippen LogP contribution < -0.4 is 4.83 Å². The molecule has 1 N–H and O–H groups in total. The van der Waals surface area contributed by atoms with Crippen molar-refractivity contribution in [2.75, 3.05) is 5.75 Å². The third kappa shape index (κ3) is 4.85. The van der Waals surface area contributed by atoms with Crippen LogP contribution in [-0.4, -0.2) is 28.3 Å². The van der Waals surface area contributed by atoms with Crippen LogP contribution in [0.25, 0.3) is 0 Å². The molecule has 0 spiro atoms. The Morgan fingerprint density at radius 1 is 0.679 bits per heavy atom. The summed E-state index contributed by atoms with van der Waals surface area (Å²) in [5, 5.41) is 3.95. The third-order valence-electron chi connectivity index (χ3n) is 3.89. The lowest BCUT2D eigenvalue weighted by Gasteiger charge is -2.10. The summed E-state index contributed by atoms with van der Waals surface area (Å²) in [6.07, 6.45) is 0. The van der Waals surface area contributed by atoms with Crippen molar-refractivity contribution < 1.29 is 16.8 Å². The van der Waals surface area contributed by atoms with Gasteiger partial charge in [0.2, 0.25) is 0 Å². The molecule has 0 heterocycles. The van der Waals surface area contributed by atoms with Crippen LogP contribution in [0, 0.1) is 0 Å². The van der Waals surface area contributed by atoms with Gasteiger partial charge in [0.25, 0.3) is 10.0 Å². The molecule has 3 rings (SSSR count). The van der Waals surface area contributed by atoms with Crippen molar-refractivity contribution in [1.29, 1.82) is 0 Å². The molecular formula is C20H18N2O4S2. The minimum absolute atomic E-state index is 0.0390. The van der Waals surface area contributed by atoms with Gasteiger partial charge in [0.05, 0.1) is 21.3 Å². The second-order valence-electron chi connectivity index (χ2n) is 5.90. The zero-order chi connectivity index (χ0) is 20.0. The topological polar surface area (TPSA) is 92.7 Å². The number of hydrazone groups is 1. The third-order valence-corrected chi connectivity index (χ3v) is 6.76. The maximum atomic E-state index is 12.8. The summed E-state index contributed by atoms with van der Waals surface area (Å²) in [7, 11) is -7.62. The van der Waals surface area contributed by atoms with Crippen LogP contribution in [0.5, 0.6) is 0 Å². The Morgan fingerprint density at radius 2 is 1.14 bits per heavy atom. The first kappa shape index (κ1) is 19.8. The Labute approximate surface area is 164 Å². The summed E-state index contributed by atoms with van der Waals surface area (Å²) >= 11 is 0. The number of hydrogen-bond acceptors (Lipinski definition) is 5. The van der Waals surface area contributed by atoms with Gasteiger partial charge in [-0.1, -0.05) is 66.7 Å². The average Bonchev–Trinajstić information content (AvgIpc) is 2.73. The molecule has 6 nitrogen and oxygen atoms in total. The van der Waals surface area contributed by atoms with Crippen molar-refractivity contribution in [1.82, 2.24) is 4.83 Å². The molecule has 0 fully saturated rings. The highest BCUT2D eigenvalue weighted by Gasteiger charge is 2.20. The van der Waals surface area contributed by atoms with Gasteiger partial charge < -0.3 is 0 Å². The van der Waals surface area contributed by atoms with Gasteiger partial charge in [-0.15, -0.1) is 0 Å². The van der Waals surface area contributed by atoms with Gasteiger partial charge in [-0.3, -0.25) is 0 Å². The quantitative estimate of drug-likeness (QED) is 0.475. The lowest BCUT2D eigenvalue weighted by Crippen LogP contribution is -2.24. The van der Waals surface area contributed by atoms with Crippen molar-refractivity contribution in [2.24, 2.45) is 5.10 Å². The zero-order valence-corrected chi connectivity index (χ0v) is 16.4. The van der Waals surface area contributed by atoms with Gasteiger partial charge in [-0.2, -0.15) is 18.4 Å². The smallest absolute Gasteiger partial charge is 0.223 e. The second kappa shape index (κ2) is 8.37. The fourth-order valence-corrected chi connectivity index (χ4v) is 4.65. The second-order valence-corrected chi connectivity index (χ2v) is 9.55. The van der Waals surface area contributed by atoms with E-state index in [4.69, 9.17) is 0 Å². The van der Waals surface area contributed by atoms with Gasteiger partial charge in [0.15, 0.2) is 9.84 Å². The van der Waals surface area contributed by atoms with Crippen LogP contribution in [0.4, 0.5) is 0 Å². The molecule has 0 bridgehead atoms. The molecule has 144 valence electrons. The largest absolute Gasteiger partial charge is 0.276 e. The van der Waals surface area contributed by atoms with E-state index in [0.29, 0.717) is 5.56 Å². The first-order valence-electron chi connectivity index (χ1n) is 8.35. The summed E-state index contributed by atoms with van der Waals surface area (Å²) in [5.41, 5.74) is 0.613. The summed E-state index contributed by atoms with van der Waals surface area (Å²) in [6.45, 7) is 0. The molecule has 0 aliphatic heterocycles. The summed E-state index contributed by atoms with van der Waals surface area (Å²) in [5.74, 6) is -0.446. The van der Waals surface area contributed by atoms with E-state index in [2.05, 4.69) is 9.93 Å². The first-order chi connectivity index (χ1) is 13.4. The van der Waals surface area contributed by atoms with E-state index in [9.17, 15) is 16.8 Å². The Balaban J connectivity index is 1.96. The van der Waals surface area contributed by atoms with E-state index in [1.807, 2.05) is 0 Å². The Morgan fingerprint density at radius 3 is 1.68 bits per heavy atom. The van der Waals surface area contributed by atoms with E-state index < -0.39 is 25.6 Å². The first-order valence-corrected chi connectivity index (χ1v) is 11.5. The molecule has 3 aromatic rings. The predicted molar refractivity (Wildman–Crippen MR) is 108 cm³/mol. The fourth-order valence-electron chi connectivity index (χ4n) is 2.47. The fraction of sp³-hybridized carbons (Fsp3) is 0.0500. The molecule has 8 heteroatoms. The number of sulfone groups is 1. The van der Waals surface area contributed by atoms with Crippen molar-refractivity contribution in [3.8, 4) is 0 Å². The molecule has 0 radical (unpaired) electrons. The highest BCUT2D eigenvalue weighted by molar-refractivity contribution is 7.92. The van der Waals surface area contributed by atoms with Gasteiger partial charge in [-0.05, 0) is 29.8 Å². The van der Waals surface area contributed by atoms with Gasteiger partial charge >= 0.3 is 0 Å². The lowest BCUT2D eigenvalue weighted by atomic mass is 10.1. The minimum atomic E-state index is -3.92. The maximum Gasteiger partial charge on any atom is 0.276 e. The van der Waals surface area contributed by atoms with Crippen molar-refractivity contribution in [3.63, 3.8) is 0 Å². The Kier molecular flexibility index (Phi) is 5.91. The van der Waals surface area contributed by atoms with Gasteiger partial charge in [0.1, 0.15) is 0 Å². The molecule has 0 aromatic heterocycles. The van der Waals surface area contributed by atoms with E-state index in [-0.39, 0.29) is 15.5 Å². The van der Waals surface area contributed by atoms with Crippen LogP contribution in [0.1, 0.15) is 5.56 Å². The number of sulfonamides is 1. The number of benzene rings is 3. The van der Waals surface area contributed by atoms with E-state index >= 15 is 0 Å². The summed E-state index contributed by atoms with van der Waals surface area (Å²) in [6, 6.07) is 24.3. The molecule has 0 unspecified atom stereocenters. The number of hydrogen-bond donors (Lipinski definition) is 1. The minimum Gasteiger partial charge on any atom is -0.223 e. The maximum absolute atomic E-state index is 12.8. The molecule has 3 aromatic carbocycles. The molecule has 28 heavy (non-hydrogen) atoms. The van der Waals surface area contributed by atoms with Crippen molar-refractivity contribution in [2.45, 2.75) is 9.79 Å². The standard InChI is InChI=1S/C20H18N2O4S2/c23-27(24,18-12-6-2-7-13-18)16-20(17-10-4-1-5-11-17)21-22-28(25,26)19-14-8-3-9-15-19/h1-15,22H,16H2. The van der Waals surface area contributed by atoms with E-state index in [1.54, 1.807) is 66.7 Å². The monoisotopic (exact) mass is 414 g/mol. The summed E-state index contributed by atoms with van der Waals surface area (Å²) < 4.78 is 50.4. The molecule has 0 aliphatic carbocycles. The highest BCUT2D eigenvalue weighted by Crippen LogP contribution is 2.14. The number of nitrogens with zero attached hydrogens (tertiary/aromatic N) is 1. The predicted octanol–water partition coefficient (Wildman–Crippen LogP) is 2.84. The SMILES string of the molecule is O=S(=O)(CC(=NNS(=O)(=O)c1ccccc1)c1ccccc1)c1ccccc1. The molecule has 0 atom stereocenters. The van der Waals surface area contributed by atoms with E-state index in [1.165, 1.54) is 24.3 Å². The summed E-state index contributed by atoms with van der Waals surface area (Å²) in [4.78, 5) is 2.33. The van der Waals surface area contributed by atoms with Gasteiger partial charge in [0, 0.05) is 0 Å². The van der Waals surface area contributed by atoms with Crippen molar-refractivity contribution in [3.05, 3.63) is 96.6 Å². The molecule has 0 aliphatic rings. The van der Waals surface area contributed by atoms with Crippen LogP contribution in [0.3, 0.4) is 0 Å². The van der Waals surface area contributed by atoms with Crippen LogP contribution in [0.15, 0.2) is 106 Å².